The second-order valence-electron chi connectivity index (χ2n) is 5.24. The van der Waals surface area contributed by atoms with E-state index in [4.69, 9.17) is 14.6 Å². The third-order valence-corrected chi connectivity index (χ3v) is 3.17. The number of hydrogen-bond donors (Lipinski definition) is 3. The number of carboxylic acids is 1. The minimum Gasteiger partial charge on any atom is -0.508 e. The molecule has 130 valence electrons. The van der Waals surface area contributed by atoms with Gasteiger partial charge in [-0.2, -0.15) is 0 Å². The molecular weight excluding hydrogens is 312 g/mol. The number of carbonyl (C=O) groups is 1. The molecule has 3 N–H and O–H groups in total. The molecule has 0 saturated heterocycles. The van der Waals surface area contributed by atoms with Crippen molar-refractivity contribution in [3.05, 3.63) is 52.9 Å². The quantitative estimate of drug-likeness (QED) is 0.426. The summed E-state index contributed by atoms with van der Waals surface area (Å²) in [6.45, 7) is 2.08. The molecule has 1 heterocycles. The standard InChI is InChI=1S/C9H6O3.C9H16O3/c10-7-3-1-6-2-4-9(11)12-8(6)5-7;1-2-3-4-5-8(10)6-7-9(11)12/h1-5,10H;6-8,10H,2-5H2,1H3,(H,11,12). The molecular formula is C18H22O6. The largest absolute Gasteiger partial charge is 0.508 e. The van der Waals surface area contributed by atoms with Crippen LogP contribution in [-0.2, 0) is 4.79 Å². The zero-order chi connectivity index (χ0) is 17.9. The predicted molar refractivity (Wildman–Crippen MR) is 91.1 cm³/mol. The van der Waals surface area contributed by atoms with E-state index in [0.717, 1.165) is 30.7 Å². The fraction of sp³-hybridized carbons (Fsp3) is 0.333. The van der Waals surface area contributed by atoms with Gasteiger partial charge in [-0.3, -0.25) is 0 Å². The predicted octanol–water partition coefficient (Wildman–Crippen LogP) is 3.07. The lowest BCUT2D eigenvalue weighted by Crippen LogP contribution is -2.02. The lowest BCUT2D eigenvalue weighted by molar-refractivity contribution is -0.131. The number of aromatic hydroxyl groups is 1. The zero-order valence-electron chi connectivity index (χ0n) is 13.5. The highest BCUT2D eigenvalue weighted by atomic mass is 16.4. The van der Waals surface area contributed by atoms with Crippen molar-refractivity contribution < 1.29 is 24.5 Å². The van der Waals surface area contributed by atoms with Crippen molar-refractivity contribution in [3.8, 4) is 5.75 Å². The topological polar surface area (TPSA) is 108 Å². The second kappa shape index (κ2) is 10.2. The Kier molecular flexibility index (Phi) is 8.29. The molecule has 1 unspecified atom stereocenters. The van der Waals surface area contributed by atoms with Gasteiger partial charge in [-0.25, -0.2) is 9.59 Å². The number of benzene rings is 1. The van der Waals surface area contributed by atoms with Crippen LogP contribution in [0.3, 0.4) is 0 Å². The molecule has 2 aromatic rings. The van der Waals surface area contributed by atoms with Crippen LogP contribution in [0.15, 0.2) is 51.7 Å². The third-order valence-electron chi connectivity index (χ3n) is 3.17. The average Bonchev–Trinajstić information content (AvgIpc) is 2.53. The minimum absolute atomic E-state index is 0.0943. The van der Waals surface area contributed by atoms with Crippen LogP contribution in [0.25, 0.3) is 11.0 Å². The fourth-order valence-electron chi connectivity index (χ4n) is 1.94. The van der Waals surface area contributed by atoms with Crippen molar-refractivity contribution >= 4 is 16.9 Å². The van der Waals surface area contributed by atoms with Crippen LogP contribution in [0.4, 0.5) is 0 Å². The summed E-state index contributed by atoms with van der Waals surface area (Å²) < 4.78 is 4.83. The van der Waals surface area contributed by atoms with Crippen LogP contribution >= 0.6 is 0 Å². The number of aliphatic hydroxyl groups is 1. The Balaban J connectivity index is 0.000000240. The van der Waals surface area contributed by atoms with Gasteiger partial charge in [0.05, 0.1) is 6.10 Å². The molecule has 1 aromatic heterocycles. The maximum Gasteiger partial charge on any atom is 0.336 e. The van der Waals surface area contributed by atoms with E-state index in [1.54, 1.807) is 18.2 Å². The van der Waals surface area contributed by atoms with E-state index >= 15 is 0 Å². The Bertz CT molecular complexity index is 732. The second-order valence-corrected chi connectivity index (χ2v) is 5.24. The Hall–Kier alpha value is -2.60. The molecule has 1 atom stereocenters. The Morgan fingerprint density at radius 3 is 2.62 bits per heavy atom. The Labute approximate surface area is 139 Å². The molecule has 24 heavy (non-hydrogen) atoms. The summed E-state index contributed by atoms with van der Waals surface area (Å²) in [5.74, 6) is -0.915. The van der Waals surface area contributed by atoms with E-state index in [1.165, 1.54) is 18.2 Å². The van der Waals surface area contributed by atoms with E-state index in [0.29, 0.717) is 12.0 Å². The van der Waals surface area contributed by atoms with Crippen molar-refractivity contribution in [2.75, 3.05) is 0 Å². The Morgan fingerprint density at radius 2 is 1.96 bits per heavy atom. The number of phenolic OH excluding ortho intramolecular Hbond substituents is 1. The molecule has 6 nitrogen and oxygen atoms in total. The van der Waals surface area contributed by atoms with E-state index in [9.17, 15) is 14.7 Å². The van der Waals surface area contributed by atoms with Gasteiger partial charge >= 0.3 is 11.6 Å². The number of aliphatic carboxylic acids is 1. The molecule has 0 saturated carbocycles. The average molecular weight is 334 g/mol. The van der Waals surface area contributed by atoms with Gasteiger partial charge in [0.1, 0.15) is 11.3 Å². The number of unbranched alkanes of at least 4 members (excludes halogenated alkanes) is 2. The van der Waals surface area contributed by atoms with Crippen molar-refractivity contribution in [2.24, 2.45) is 0 Å². The van der Waals surface area contributed by atoms with Crippen molar-refractivity contribution in [1.82, 2.24) is 0 Å². The van der Waals surface area contributed by atoms with Crippen LogP contribution in [0, 0.1) is 0 Å². The molecule has 0 bridgehead atoms. The monoisotopic (exact) mass is 334 g/mol. The zero-order valence-corrected chi connectivity index (χ0v) is 13.5. The summed E-state index contributed by atoms with van der Waals surface area (Å²) in [5, 5.41) is 27.3. The molecule has 6 heteroatoms. The molecule has 0 aliphatic carbocycles. The first-order valence-electron chi connectivity index (χ1n) is 7.74. The van der Waals surface area contributed by atoms with Gasteiger partial charge in [-0.05, 0) is 30.7 Å². The Morgan fingerprint density at radius 1 is 1.25 bits per heavy atom. The van der Waals surface area contributed by atoms with Gasteiger partial charge in [0.25, 0.3) is 0 Å². The van der Waals surface area contributed by atoms with Gasteiger partial charge in [0.15, 0.2) is 0 Å². The summed E-state index contributed by atoms with van der Waals surface area (Å²) in [6, 6.07) is 7.65. The van der Waals surface area contributed by atoms with Gasteiger partial charge in [0, 0.05) is 23.6 Å². The van der Waals surface area contributed by atoms with E-state index in [2.05, 4.69) is 6.92 Å². The smallest absolute Gasteiger partial charge is 0.336 e. The third kappa shape index (κ3) is 7.60. The first-order chi connectivity index (χ1) is 11.4. The molecule has 0 aliphatic rings. The molecule has 0 amide bonds. The van der Waals surface area contributed by atoms with Crippen LogP contribution in [0.2, 0.25) is 0 Å². The minimum atomic E-state index is -1.01. The van der Waals surface area contributed by atoms with Crippen LogP contribution in [0.5, 0.6) is 5.75 Å². The normalized spacial score (nSPS) is 11.9. The summed E-state index contributed by atoms with van der Waals surface area (Å²) in [4.78, 5) is 20.8. The molecule has 0 spiro atoms. The van der Waals surface area contributed by atoms with Crippen molar-refractivity contribution in [2.45, 2.75) is 38.7 Å². The molecule has 2 rings (SSSR count). The lowest BCUT2D eigenvalue weighted by atomic mass is 10.1. The van der Waals surface area contributed by atoms with E-state index < -0.39 is 17.7 Å². The number of rotatable bonds is 6. The lowest BCUT2D eigenvalue weighted by Gasteiger charge is -2.02. The maximum absolute atomic E-state index is 10.7. The summed E-state index contributed by atoms with van der Waals surface area (Å²) >= 11 is 0. The molecule has 1 aromatic carbocycles. The summed E-state index contributed by atoms with van der Waals surface area (Å²) in [7, 11) is 0. The van der Waals surface area contributed by atoms with Crippen molar-refractivity contribution in [3.63, 3.8) is 0 Å². The van der Waals surface area contributed by atoms with Crippen molar-refractivity contribution in [1.29, 1.82) is 0 Å². The molecule has 0 radical (unpaired) electrons. The van der Waals surface area contributed by atoms with Gasteiger partial charge in [0.2, 0.25) is 0 Å². The number of fused-ring (bicyclic) bond motifs is 1. The maximum atomic E-state index is 10.7. The van der Waals surface area contributed by atoms with Crippen LogP contribution in [-0.4, -0.2) is 27.4 Å². The van der Waals surface area contributed by atoms with Crippen LogP contribution in [0.1, 0.15) is 32.6 Å². The highest BCUT2D eigenvalue weighted by Crippen LogP contribution is 2.17. The number of carboxylic acid groups (broad SMARTS) is 1. The number of hydrogen-bond acceptors (Lipinski definition) is 5. The highest BCUT2D eigenvalue weighted by Gasteiger charge is 1.98. The number of phenols is 1. The summed E-state index contributed by atoms with van der Waals surface area (Å²) in [6.07, 6.45) is 5.48. The molecule has 0 aliphatic heterocycles. The fourth-order valence-corrected chi connectivity index (χ4v) is 1.94. The highest BCUT2D eigenvalue weighted by molar-refractivity contribution is 5.79. The number of aliphatic hydroxyl groups excluding tert-OH is 1. The van der Waals surface area contributed by atoms with Gasteiger partial charge in [-0.15, -0.1) is 0 Å². The molecule has 0 fully saturated rings. The van der Waals surface area contributed by atoms with Gasteiger partial charge < -0.3 is 19.7 Å². The SMILES string of the molecule is CCCCCC(O)C=CC(=O)O.O=c1ccc2ccc(O)cc2o1. The van der Waals surface area contributed by atoms with E-state index in [1.807, 2.05) is 0 Å². The first kappa shape index (κ1) is 19.4. The first-order valence-corrected chi connectivity index (χ1v) is 7.74. The van der Waals surface area contributed by atoms with E-state index in [-0.39, 0.29) is 5.75 Å². The van der Waals surface area contributed by atoms with Gasteiger partial charge in [-0.1, -0.05) is 26.2 Å². The summed E-state index contributed by atoms with van der Waals surface area (Å²) in [5.41, 5.74) is -0.00407. The van der Waals surface area contributed by atoms with Crippen LogP contribution < -0.4 is 5.63 Å².